The molecule has 1 aromatic carbocycles. The van der Waals surface area contributed by atoms with Gasteiger partial charge in [0, 0.05) is 39.6 Å². The van der Waals surface area contributed by atoms with E-state index in [2.05, 4.69) is 51.6 Å². The van der Waals surface area contributed by atoms with Crippen molar-refractivity contribution in [3.63, 3.8) is 0 Å². The number of rotatable bonds is 7. The molecule has 1 amide bonds. The number of guanidine groups is 1. The molecule has 0 aliphatic carbocycles. The lowest BCUT2D eigenvalue weighted by Gasteiger charge is -2.34. The lowest BCUT2D eigenvalue weighted by Crippen LogP contribution is -2.46. The second-order valence-corrected chi connectivity index (χ2v) is 8.94. The summed E-state index contributed by atoms with van der Waals surface area (Å²) in [5, 5.41) is 6.24. The van der Waals surface area contributed by atoms with Crippen LogP contribution in [0, 0.1) is 5.92 Å². The van der Waals surface area contributed by atoms with Gasteiger partial charge in [0.05, 0.1) is 6.54 Å². The van der Waals surface area contributed by atoms with Crippen molar-refractivity contribution in [3.8, 4) is 0 Å². The summed E-state index contributed by atoms with van der Waals surface area (Å²) in [5.74, 6) is 1.64. The van der Waals surface area contributed by atoms with Crippen molar-refractivity contribution in [1.29, 1.82) is 0 Å². The molecule has 2 aliphatic rings. The topological polar surface area (TPSA) is 60.0 Å². The minimum atomic E-state index is 0.153. The number of likely N-dealkylation sites (tertiary alicyclic amines) is 2. The first-order chi connectivity index (χ1) is 15.2. The molecular formula is C25H41N5O. The van der Waals surface area contributed by atoms with Gasteiger partial charge in [0.25, 0.3) is 0 Å². The van der Waals surface area contributed by atoms with Crippen LogP contribution in [0.3, 0.4) is 0 Å². The Labute approximate surface area is 188 Å². The van der Waals surface area contributed by atoms with Crippen LogP contribution in [0.15, 0.2) is 29.3 Å². The number of nitrogens with one attached hydrogen (secondary N) is 2. The van der Waals surface area contributed by atoms with Crippen LogP contribution in [0.25, 0.3) is 0 Å². The van der Waals surface area contributed by atoms with Gasteiger partial charge in [-0.3, -0.25) is 9.69 Å². The van der Waals surface area contributed by atoms with Crippen LogP contribution >= 0.6 is 0 Å². The Kier molecular flexibility index (Phi) is 9.66. The van der Waals surface area contributed by atoms with Crippen LogP contribution in [-0.2, 0) is 17.9 Å². The van der Waals surface area contributed by atoms with E-state index in [0.29, 0.717) is 18.9 Å². The maximum Gasteiger partial charge on any atom is 0.220 e. The second kappa shape index (κ2) is 12.7. The summed E-state index contributed by atoms with van der Waals surface area (Å²) < 4.78 is 0. The summed E-state index contributed by atoms with van der Waals surface area (Å²) in [6.07, 6.45) is 8.11. The molecule has 6 heteroatoms. The Bertz CT molecular complexity index is 704. The first-order valence-corrected chi connectivity index (χ1v) is 12.2. The lowest BCUT2D eigenvalue weighted by atomic mass is 9.93. The number of aliphatic imine (C=N–C) groups is 1. The van der Waals surface area contributed by atoms with E-state index in [1.165, 1.54) is 49.9 Å². The highest BCUT2D eigenvalue weighted by atomic mass is 16.1. The molecule has 0 aromatic heterocycles. The molecule has 2 heterocycles. The summed E-state index contributed by atoms with van der Waals surface area (Å²) in [6.45, 7) is 9.09. The van der Waals surface area contributed by atoms with Gasteiger partial charge in [0.1, 0.15) is 0 Å². The highest BCUT2D eigenvalue weighted by Gasteiger charge is 2.23. The third kappa shape index (κ3) is 7.53. The summed E-state index contributed by atoms with van der Waals surface area (Å²) in [5.41, 5.74) is 2.74. The van der Waals surface area contributed by atoms with E-state index in [1.807, 2.05) is 0 Å². The van der Waals surface area contributed by atoms with E-state index < -0.39 is 0 Å². The molecule has 1 aromatic rings. The van der Waals surface area contributed by atoms with Gasteiger partial charge in [-0.2, -0.15) is 0 Å². The Morgan fingerprint density at radius 2 is 1.71 bits per heavy atom. The van der Waals surface area contributed by atoms with Gasteiger partial charge in [-0.25, -0.2) is 4.99 Å². The Balaban J connectivity index is 1.61. The number of hydrogen-bond donors (Lipinski definition) is 2. The predicted octanol–water partition coefficient (Wildman–Crippen LogP) is 3.38. The minimum Gasteiger partial charge on any atom is -0.359 e. The van der Waals surface area contributed by atoms with Crippen molar-refractivity contribution >= 4 is 11.9 Å². The van der Waals surface area contributed by atoms with E-state index in [4.69, 9.17) is 4.99 Å². The summed E-state index contributed by atoms with van der Waals surface area (Å²) in [7, 11) is 1.72. The number of carbonyl (C=O) groups is 1. The van der Waals surface area contributed by atoms with E-state index in [0.717, 1.165) is 45.0 Å². The molecule has 0 spiro atoms. The summed E-state index contributed by atoms with van der Waals surface area (Å²) >= 11 is 0. The van der Waals surface area contributed by atoms with Gasteiger partial charge < -0.3 is 15.5 Å². The lowest BCUT2D eigenvalue weighted by molar-refractivity contribution is -0.121. The Hall–Kier alpha value is -2.08. The predicted molar refractivity (Wildman–Crippen MR) is 128 cm³/mol. The van der Waals surface area contributed by atoms with Gasteiger partial charge in [-0.1, -0.05) is 37.1 Å². The fraction of sp³-hybridized carbons (Fsp3) is 0.680. The number of benzene rings is 1. The molecule has 0 bridgehead atoms. The first kappa shape index (κ1) is 23.6. The average Bonchev–Trinajstić information content (AvgIpc) is 3.07. The van der Waals surface area contributed by atoms with Crippen LogP contribution in [0.1, 0.15) is 63.0 Å². The van der Waals surface area contributed by atoms with E-state index in [1.54, 1.807) is 7.05 Å². The van der Waals surface area contributed by atoms with Crippen LogP contribution in [-0.4, -0.2) is 61.4 Å². The standard InChI is InChI=1S/C25H41N5O/c1-3-27-25(30-16-12-21(13-17-30)18-24(31)26-2)28-19-22-10-6-7-11-23(22)20-29-14-8-4-5-9-15-29/h6-7,10-11,21H,3-5,8-9,12-20H2,1-2H3,(H,26,31)(H,27,28). The van der Waals surface area contributed by atoms with Gasteiger partial charge in [-0.05, 0) is 62.7 Å². The third-order valence-electron chi connectivity index (χ3n) is 6.61. The van der Waals surface area contributed by atoms with Crippen molar-refractivity contribution in [2.75, 3.05) is 39.8 Å². The number of amides is 1. The fourth-order valence-electron chi connectivity index (χ4n) is 4.70. The van der Waals surface area contributed by atoms with E-state index in [9.17, 15) is 4.79 Å². The number of nitrogens with zero attached hydrogens (tertiary/aromatic N) is 3. The van der Waals surface area contributed by atoms with Gasteiger partial charge in [0.15, 0.2) is 5.96 Å². The molecular weight excluding hydrogens is 386 g/mol. The van der Waals surface area contributed by atoms with Crippen molar-refractivity contribution in [2.24, 2.45) is 10.9 Å². The van der Waals surface area contributed by atoms with Crippen molar-refractivity contribution < 1.29 is 4.79 Å². The van der Waals surface area contributed by atoms with Crippen molar-refractivity contribution in [3.05, 3.63) is 35.4 Å². The average molecular weight is 428 g/mol. The molecule has 3 rings (SSSR count). The highest BCUT2D eigenvalue weighted by Crippen LogP contribution is 2.21. The SMILES string of the molecule is CCNC(=NCc1ccccc1CN1CCCCCC1)N1CCC(CC(=O)NC)CC1. The number of piperidine rings is 1. The molecule has 31 heavy (non-hydrogen) atoms. The molecule has 2 saturated heterocycles. The second-order valence-electron chi connectivity index (χ2n) is 8.94. The smallest absolute Gasteiger partial charge is 0.220 e. The van der Waals surface area contributed by atoms with Crippen molar-refractivity contribution in [1.82, 2.24) is 20.4 Å². The monoisotopic (exact) mass is 427 g/mol. The van der Waals surface area contributed by atoms with Crippen molar-refractivity contribution in [2.45, 2.75) is 65.0 Å². The minimum absolute atomic E-state index is 0.153. The normalized spacial score (nSPS) is 19.2. The molecule has 6 nitrogen and oxygen atoms in total. The molecule has 172 valence electrons. The molecule has 0 saturated carbocycles. The molecule has 2 aliphatic heterocycles. The fourth-order valence-corrected chi connectivity index (χ4v) is 4.70. The van der Waals surface area contributed by atoms with Crippen LogP contribution in [0.4, 0.5) is 0 Å². The Morgan fingerprint density at radius 1 is 1.03 bits per heavy atom. The maximum atomic E-state index is 11.7. The third-order valence-corrected chi connectivity index (χ3v) is 6.61. The van der Waals surface area contributed by atoms with Crippen LogP contribution < -0.4 is 10.6 Å². The largest absolute Gasteiger partial charge is 0.359 e. The van der Waals surface area contributed by atoms with Gasteiger partial charge in [-0.15, -0.1) is 0 Å². The Morgan fingerprint density at radius 3 is 2.35 bits per heavy atom. The van der Waals surface area contributed by atoms with Gasteiger partial charge >= 0.3 is 0 Å². The quantitative estimate of drug-likeness (QED) is 0.517. The summed E-state index contributed by atoms with van der Waals surface area (Å²) in [6, 6.07) is 8.79. The zero-order chi connectivity index (χ0) is 21.9. The van der Waals surface area contributed by atoms with E-state index in [-0.39, 0.29) is 5.91 Å². The first-order valence-electron chi connectivity index (χ1n) is 12.2. The molecule has 2 fully saturated rings. The molecule has 2 N–H and O–H groups in total. The molecule has 0 atom stereocenters. The zero-order valence-electron chi connectivity index (χ0n) is 19.5. The van der Waals surface area contributed by atoms with Crippen LogP contribution in [0.5, 0.6) is 0 Å². The summed E-state index contributed by atoms with van der Waals surface area (Å²) in [4.78, 5) is 21.7. The number of hydrogen-bond acceptors (Lipinski definition) is 3. The molecule has 0 unspecified atom stereocenters. The number of carbonyl (C=O) groups excluding carboxylic acids is 1. The van der Waals surface area contributed by atoms with E-state index >= 15 is 0 Å². The maximum absolute atomic E-state index is 11.7. The molecule has 0 radical (unpaired) electrons. The highest BCUT2D eigenvalue weighted by molar-refractivity contribution is 5.80. The van der Waals surface area contributed by atoms with Gasteiger partial charge in [0.2, 0.25) is 5.91 Å². The van der Waals surface area contributed by atoms with Crippen LogP contribution in [0.2, 0.25) is 0 Å². The zero-order valence-corrected chi connectivity index (χ0v) is 19.5.